The van der Waals surface area contributed by atoms with Gasteiger partial charge in [0.1, 0.15) is 22.2 Å². The topological polar surface area (TPSA) is 51.2 Å². The second-order valence-electron chi connectivity index (χ2n) is 5.84. The lowest BCUT2D eigenvalue weighted by Gasteiger charge is -2.11. The standard InChI is InChI=1S/C19H20N2O2S2/c1-12-6-4-7-15(10-12)23-11-17-20-14(3)18(25-17)19(22)21-13(2)16-8-5-9-24-16/h4-10,13H,11H2,1-3H3,(H,21,22). The molecule has 0 radical (unpaired) electrons. The summed E-state index contributed by atoms with van der Waals surface area (Å²) in [5, 5.41) is 5.84. The molecule has 2 aromatic heterocycles. The number of amides is 1. The van der Waals surface area contributed by atoms with Gasteiger partial charge in [0, 0.05) is 4.88 Å². The van der Waals surface area contributed by atoms with E-state index in [1.165, 1.54) is 11.3 Å². The molecule has 1 atom stereocenters. The highest BCUT2D eigenvalue weighted by molar-refractivity contribution is 7.13. The van der Waals surface area contributed by atoms with E-state index in [0.717, 1.165) is 26.9 Å². The summed E-state index contributed by atoms with van der Waals surface area (Å²) < 4.78 is 5.78. The lowest BCUT2D eigenvalue weighted by molar-refractivity contribution is 0.0944. The number of thiophene rings is 1. The van der Waals surface area contributed by atoms with Crippen LogP contribution in [0.1, 0.15) is 43.8 Å². The van der Waals surface area contributed by atoms with Crippen LogP contribution in [0.2, 0.25) is 0 Å². The fourth-order valence-corrected chi connectivity index (χ4v) is 4.06. The van der Waals surface area contributed by atoms with Gasteiger partial charge < -0.3 is 10.1 Å². The summed E-state index contributed by atoms with van der Waals surface area (Å²) in [5.74, 6) is 0.725. The zero-order valence-corrected chi connectivity index (χ0v) is 16.0. The van der Waals surface area contributed by atoms with E-state index in [9.17, 15) is 4.79 Å². The van der Waals surface area contributed by atoms with E-state index in [0.29, 0.717) is 11.5 Å². The fraction of sp³-hybridized carbons (Fsp3) is 0.263. The number of ether oxygens (including phenoxy) is 1. The van der Waals surface area contributed by atoms with Crippen molar-refractivity contribution in [3.8, 4) is 5.75 Å². The Balaban J connectivity index is 1.64. The van der Waals surface area contributed by atoms with Crippen molar-refractivity contribution in [3.63, 3.8) is 0 Å². The van der Waals surface area contributed by atoms with E-state index >= 15 is 0 Å². The monoisotopic (exact) mass is 372 g/mol. The maximum Gasteiger partial charge on any atom is 0.263 e. The molecule has 25 heavy (non-hydrogen) atoms. The highest BCUT2D eigenvalue weighted by atomic mass is 32.1. The number of aryl methyl sites for hydroxylation is 2. The molecule has 1 unspecified atom stereocenters. The first kappa shape index (κ1) is 17.6. The van der Waals surface area contributed by atoms with Gasteiger partial charge in [0.25, 0.3) is 5.91 Å². The number of benzene rings is 1. The van der Waals surface area contributed by atoms with Gasteiger partial charge in [0.15, 0.2) is 0 Å². The third kappa shape index (κ3) is 4.46. The van der Waals surface area contributed by atoms with Gasteiger partial charge in [-0.1, -0.05) is 18.2 Å². The van der Waals surface area contributed by atoms with Gasteiger partial charge in [-0.3, -0.25) is 4.79 Å². The molecule has 0 saturated carbocycles. The van der Waals surface area contributed by atoms with Gasteiger partial charge >= 0.3 is 0 Å². The van der Waals surface area contributed by atoms with E-state index in [1.54, 1.807) is 11.3 Å². The second-order valence-corrected chi connectivity index (χ2v) is 7.90. The minimum atomic E-state index is -0.0855. The summed E-state index contributed by atoms with van der Waals surface area (Å²) >= 11 is 3.02. The molecule has 3 rings (SSSR count). The van der Waals surface area contributed by atoms with Gasteiger partial charge in [-0.05, 0) is 49.9 Å². The summed E-state index contributed by atoms with van der Waals surface area (Å²) in [6.45, 7) is 6.24. The average Bonchev–Trinajstić information content (AvgIpc) is 3.22. The molecule has 6 heteroatoms. The van der Waals surface area contributed by atoms with Crippen molar-refractivity contribution in [1.29, 1.82) is 0 Å². The Morgan fingerprint density at radius 2 is 2.12 bits per heavy atom. The molecular formula is C19H20N2O2S2. The molecule has 1 aromatic carbocycles. The highest BCUT2D eigenvalue weighted by Gasteiger charge is 2.18. The molecule has 4 nitrogen and oxygen atoms in total. The van der Waals surface area contributed by atoms with Crippen molar-refractivity contribution in [3.05, 3.63) is 67.8 Å². The Kier molecular flexibility index (Phi) is 5.50. The largest absolute Gasteiger partial charge is 0.486 e. The number of carbonyl (C=O) groups excluding carboxylic acids is 1. The van der Waals surface area contributed by atoms with Crippen LogP contribution in [0.3, 0.4) is 0 Å². The van der Waals surface area contributed by atoms with Gasteiger partial charge in [0.05, 0.1) is 11.7 Å². The smallest absolute Gasteiger partial charge is 0.263 e. The molecule has 3 aromatic rings. The van der Waals surface area contributed by atoms with E-state index in [1.807, 2.05) is 62.5 Å². The third-order valence-electron chi connectivity index (χ3n) is 3.72. The van der Waals surface area contributed by atoms with Gasteiger partial charge in [-0.25, -0.2) is 4.98 Å². The summed E-state index contributed by atoms with van der Waals surface area (Å²) in [5.41, 5.74) is 1.89. The second kappa shape index (κ2) is 7.80. The van der Waals surface area contributed by atoms with Crippen molar-refractivity contribution < 1.29 is 9.53 Å². The predicted molar refractivity (Wildman–Crippen MR) is 103 cm³/mol. The average molecular weight is 373 g/mol. The Morgan fingerprint density at radius 3 is 2.84 bits per heavy atom. The Hall–Kier alpha value is -2.18. The number of nitrogens with one attached hydrogen (secondary N) is 1. The highest BCUT2D eigenvalue weighted by Crippen LogP contribution is 2.23. The molecule has 0 aliphatic carbocycles. The summed E-state index contributed by atoms with van der Waals surface area (Å²) in [6.07, 6.45) is 0. The molecule has 1 amide bonds. The molecule has 130 valence electrons. The Labute approximate surface area is 155 Å². The molecule has 0 aliphatic heterocycles. The normalized spacial score (nSPS) is 12.0. The molecule has 0 fully saturated rings. The first-order valence-electron chi connectivity index (χ1n) is 8.03. The zero-order valence-electron chi connectivity index (χ0n) is 14.4. The van der Waals surface area contributed by atoms with E-state index < -0.39 is 0 Å². The quantitative estimate of drug-likeness (QED) is 0.670. The maximum atomic E-state index is 12.5. The van der Waals surface area contributed by atoms with Gasteiger partial charge in [-0.15, -0.1) is 22.7 Å². The van der Waals surface area contributed by atoms with Crippen LogP contribution in [0.4, 0.5) is 0 Å². The first-order valence-corrected chi connectivity index (χ1v) is 9.72. The van der Waals surface area contributed by atoms with Crippen LogP contribution in [0, 0.1) is 13.8 Å². The van der Waals surface area contributed by atoms with Crippen LogP contribution in [0.25, 0.3) is 0 Å². The molecular weight excluding hydrogens is 352 g/mol. The fourth-order valence-electron chi connectivity index (χ4n) is 2.45. The van der Waals surface area contributed by atoms with E-state index in [-0.39, 0.29) is 11.9 Å². The van der Waals surface area contributed by atoms with Gasteiger partial charge in [0.2, 0.25) is 0 Å². The molecule has 0 spiro atoms. The number of thiazole rings is 1. The minimum absolute atomic E-state index is 0.0130. The molecule has 0 aliphatic rings. The van der Waals surface area contributed by atoms with Crippen molar-refractivity contribution >= 4 is 28.6 Å². The lowest BCUT2D eigenvalue weighted by Crippen LogP contribution is -2.25. The molecule has 2 heterocycles. The lowest BCUT2D eigenvalue weighted by atomic mass is 10.2. The number of nitrogens with zero attached hydrogens (tertiary/aromatic N) is 1. The van der Waals surface area contributed by atoms with E-state index in [2.05, 4.69) is 10.3 Å². The molecule has 0 bridgehead atoms. The zero-order chi connectivity index (χ0) is 17.8. The summed E-state index contributed by atoms with van der Waals surface area (Å²) in [6, 6.07) is 11.9. The van der Waals surface area contributed by atoms with E-state index in [4.69, 9.17) is 4.74 Å². The first-order chi connectivity index (χ1) is 12.0. The van der Waals surface area contributed by atoms with Crippen molar-refractivity contribution in [2.24, 2.45) is 0 Å². The van der Waals surface area contributed by atoms with Crippen LogP contribution in [0.5, 0.6) is 5.75 Å². The van der Waals surface area contributed by atoms with Crippen LogP contribution >= 0.6 is 22.7 Å². The molecule has 1 N–H and O–H groups in total. The maximum absolute atomic E-state index is 12.5. The number of aromatic nitrogens is 1. The Morgan fingerprint density at radius 1 is 1.28 bits per heavy atom. The minimum Gasteiger partial charge on any atom is -0.486 e. The van der Waals surface area contributed by atoms with Crippen LogP contribution < -0.4 is 10.1 Å². The van der Waals surface area contributed by atoms with Crippen LogP contribution in [0.15, 0.2) is 41.8 Å². The third-order valence-corrected chi connectivity index (χ3v) is 5.90. The van der Waals surface area contributed by atoms with Crippen LogP contribution in [-0.2, 0) is 6.61 Å². The number of hydrogen-bond acceptors (Lipinski definition) is 5. The summed E-state index contributed by atoms with van der Waals surface area (Å²) in [4.78, 5) is 18.8. The number of rotatable bonds is 6. The van der Waals surface area contributed by atoms with Crippen molar-refractivity contribution in [2.45, 2.75) is 33.4 Å². The Bertz CT molecular complexity index is 856. The van der Waals surface area contributed by atoms with Gasteiger partial charge in [-0.2, -0.15) is 0 Å². The van der Waals surface area contributed by atoms with Crippen molar-refractivity contribution in [2.75, 3.05) is 0 Å². The van der Waals surface area contributed by atoms with Crippen molar-refractivity contribution in [1.82, 2.24) is 10.3 Å². The number of hydrogen-bond donors (Lipinski definition) is 1. The number of carbonyl (C=O) groups is 1. The SMILES string of the molecule is Cc1cccc(OCc2nc(C)c(C(=O)NC(C)c3cccs3)s2)c1. The van der Waals surface area contributed by atoms with Crippen LogP contribution in [-0.4, -0.2) is 10.9 Å². The molecule has 0 saturated heterocycles. The predicted octanol–water partition coefficient (Wildman–Crippen LogP) is 4.89. The summed E-state index contributed by atoms with van der Waals surface area (Å²) in [7, 11) is 0.